The number of nitrogens with two attached hydrogens (primary N) is 1. The topological polar surface area (TPSA) is 88.7 Å². The van der Waals surface area contributed by atoms with Crippen LogP contribution in [0.15, 0.2) is 0 Å². The van der Waals surface area contributed by atoms with E-state index in [-0.39, 0.29) is 29.1 Å². The predicted molar refractivity (Wildman–Crippen MR) is 70.7 cm³/mol. The molecule has 2 N–H and O–H groups in total. The summed E-state index contributed by atoms with van der Waals surface area (Å²) in [6.45, 7) is 6.67. The van der Waals surface area contributed by atoms with Crippen molar-refractivity contribution < 1.29 is 18.9 Å². The van der Waals surface area contributed by atoms with Crippen molar-refractivity contribution in [3.05, 3.63) is 0 Å². The van der Waals surface area contributed by atoms with Crippen LogP contribution in [-0.2, 0) is 4.74 Å². The molecule has 1 rings (SSSR count). The molecule has 1 aromatic rings. The second-order valence-corrected chi connectivity index (χ2v) is 4.75. The molecule has 7 heteroatoms. The average molecular weight is 271 g/mol. The van der Waals surface area contributed by atoms with Gasteiger partial charge in [-0.25, -0.2) is 0 Å². The number of nitrogen functional groups attached to an aromatic ring is 1. The molecule has 0 spiro atoms. The van der Waals surface area contributed by atoms with Crippen molar-refractivity contribution in [2.24, 2.45) is 0 Å². The lowest BCUT2D eigenvalue weighted by molar-refractivity contribution is -0.0174. The van der Waals surface area contributed by atoms with E-state index in [4.69, 9.17) is 24.7 Å². The fraction of sp³-hybridized carbons (Fsp3) is 0.667. The number of rotatable bonds is 6. The van der Waals surface area contributed by atoms with Gasteiger partial charge in [0.25, 0.3) is 0 Å². The van der Waals surface area contributed by atoms with Crippen LogP contribution >= 0.6 is 0 Å². The molecule has 0 saturated carbocycles. The largest absolute Gasteiger partial charge is 0.479 e. The molecule has 7 nitrogen and oxygen atoms in total. The third kappa shape index (κ3) is 4.78. The Bertz CT molecular complexity index is 393. The van der Waals surface area contributed by atoms with Gasteiger partial charge in [-0.05, 0) is 20.8 Å². The second-order valence-electron chi connectivity index (χ2n) is 4.75. The van der Waals surface area contributed by atoms with Crippen LogP contribution in [0.4, 0.5) is 5.69 Å². The van der Waals surface area contributed by atoms with Crippen LogP contribution in [0.5, 0.6) is 17.8 Å². The first-order valence-electron chi connectivity index (χ1n) is 5.89. The molecule has 0 aromatic carbocycles. The number of nitrogens with zero attached hydrogens (tertiary/aromatic N) is 2. The van der Waals surface area contributed by atoms with Gasteiger partial charge in [0.2, 0.25) is 11.8 Å². The number of anilines is 1. The van der Waals surface area contributed by atoms with Crippen molar-refractivity contribution in [2.75, 3.05) is 33.2 Å². The minimum atomic E-state index is -0.208. The van der Waals surface area contributed by atoms with Gasteiger partial charge in [0.15, 0.2) is 5.69 Å². The number of hydrogen-bond donors (Lipinski definition) is 1. The van der Waals surface area contributed by atoms with Gasteiger partial charge >= 0.3 is 6.01 Å². The second kappa shape index (κ2) is 6.42. The van der Waals surface area contributed by atoms with E-state index in [0.717, 1.165) is 0 Å². The van der Waals surface area contributed by atoms with Crippen LogP contribution in [0.2, 0.25) is 0 Å². The molecule has 0 bridgehead atoms. The van der Waals surface area contributed by atoms with Gasteiger partial charge < -0.3 is 24.7 Å². The smallest absolute Gasteiger partial charge is 0.323 e. The Morgan fingerprint density at radius 2 is 1.53 bits per heavy atom. The van der Waals surface area contributed by atoms with Gasteiger partial charge in [0.05, 0.1) is 26.4 Å². The highest BCUT2D eigenvalue weighted by molar-refractivity contribution is 5.56. The van der Waals surface area contributed by atoms with E-state index in [0.29, 0.717) is 13.2 Å². The molecule has 1 aromatic heterocycles. The first-order valence-corrected chi connectivity index (χ1v) is 5.89. The van der Waals surface area contributed by atoms with Gasteiger partial charge in [0, 0.05) is 0 Å². The molecule has 0 aliphatic carbocycles. The van der Waals surface area contributed by atoms with Crippen molar-refractivity contribution in [3.63, 3.8) is 0 Å². The molecule has 0 atom stereocenters. The zero-order valence-electron chi connectivity index (χ0n) is 12.0. The maximum atomic E-state index is 5.73. The quantitative estimate of drug-likeness (QED) is 0.779. The van der Waals surface area contributed by atoms with Gasteiger partial charge in [-0.3, -0.25) is 0 Å². The van der Waals surface area contributed by atoms with E-state index in [2.05, 4.69) is 9.97 Å². The first-order chi connectivity index (χ1) is 8.87. The van der Waals surface area contributed by atoms with Gasteiger partial charge in [-0.2, -0.15) is 9.97 Å². The fourth-order valence-corrected chi connectivity index (χ4v) is 1.27. The minimum absolute atomic E-state index is 0.139. The molecular formula is C12H21N3O4. The Balaban J connectivity index is 2.63. The molecule has 19 heavy (non-hydrogen) atoms. The molecule has 108 valence electrons. The highest BCUT2D eigenvalue weighted by Gasteiger charge is 2.14. The third-order valence-corrected chi connectivity index (χ3v) is 2.09. The van der Waals surface area contributed by atoms with Crippen LogP contribution < -0.4 is 19.9 Å². The molecule has 1 heterocycles. The monoisotopic (exact) mass is 271 g/mol. The predicted octanol–water partition coefficient (Wildman–Crippen LogP) is 1.27. The van der Waals surface area contributed by atoms with Crippen LogP contribution in [0.25, 0.3) is 0 Å². The summed E-state index contributed by atoms with van der Waals surface area (Å²) >= 11 is 0. The minimum Gasteiger partial charge on any atom is -0.479 e. The van der Waals surface area contributed by atoms with Gasteiger partial charge in [-0.15, -0.1) is 0 Å². The summed E-state index contributed by atoms with van der Waals surface area (Å²) in [5.74, 6) is 0.442. The molecule has 0 fully saturated rings. The lowest BCUT2D eigenvalue weighted by Crippen LogP contribution is -2.22. The molecule has 0 radical (unpaired) electrons. The zero-order chi connectivity index (χ0) is 14.5. The highest BCUT2D eigenvalue weighted by Crippen LogP contribution is 2.29. The summed E-state index contributed by atoms with van der Waals surface area (Å²) < 4.78 is 20.9. The van der Waals surface area contributed by atoms with E-state index < -0.39 is 0 Å². The number of aromatic nitrogens is 2. The normalized spacial score (nSPS) is 11.2. The average Bonchev–Trinajstić information content (AvgIpc) is 2.35. The van der Waals surface area contributed by atoms with E-state index in [1.165, 1.54) is 14.2 Å². The number of hydrogen-bond acceptors (Lipinski definition) is 7. The van der Waals surface area contributed by atoms with Crippen molar-refractivity contribution in [1.82, 2.24) is 9.97 Å². The Kier molecular flexibility index (Phi) is 5.17. The maximum Gasteiger partial charge on any atom is 0.323 e. The summed E-state index contributed by atoms with van der Waals surface area (Å²) in [5, 5.41) is 0. The Morgan fingerprint density at radius 3 is 1.95 bits per heavy atom. The van der Waals surface area contributed by atoms with Crippen molar-refractivity contribution in [1.29, 1.82) is 0 Å². The third-order valence-electron chi connectivity index (χ3n) is 2.09. The summed E-state index contributed by atoms with van der Waals surface area (Å²) in [6.07, 6.45) is 0. The summed E-state index contributed by atoms with van der Waals surface area (Å²) in [5.41, 5.74) is 5.76. The number of methoxy groups -OCH3 is 2. The number of ether oxygens (including phenoxy) is 4. The van der Waals surface area contributed by atoms with Crippen LogP contribution in [0, 0.1) is 0 Å². The van der Waals surface area contributed by atoms with Crippen molar-refractivity contribution in [2.45, 2.75) is 26.4 Å². The SMILES string of the molecule is COc1nc(OCCOC(C)(C)C)nc(OC)c1N. The summed E-state index contributed by atoms with van der Waals surface area (Å²) in [7, 11) is 2.93. The van der Waals surface area contributed by atoms with E-state index in [1.807, 2.05) is 20.8 Å². The van der Waals surface area contributed by atoms with Crippen molar-refractivity contribution in [3.8, 4) is 17.8 Å². The highest BCUT2D eigenvalue weighted by atomic mass is 16.5. The Labute approximate surface area is 113 Å². The summed E-state index contributed by atoms with van der Waals surface area (Å²) in [4.78, 5) is 8.03. The lowest BCUT2D eigenvalue weighted by atomic mass is 10.2. The van der Waals surface area contributed by atoms with E-state index in [1.54, 1.807) is 0 Å². The van der Waals surface area contributed by atoms with E-state index >= 15 is 0 Å². The molecule has 0 aliphatic heterocycles. The standard InChI is InChI=1S/C12H21N3O4/c1-12(2,3)19-7-6-18-11-14-9(16-4)8(13)10(15-11)17-5/h6-7,13H2,1-5H3. The van der Waals surface area contributed by atoms with Crippen LogP contribution in [0.1, 0.15) is 20.8 Å². The zero-order valence-corrected chi connectivity index (χ0v) is 12.0. The van der Waals surface area contributed by atoms with Crippen LogP contribution in [0.3, 0.4) is 0 Å². The van der Waals surface area contributed by atoms with E-state index in [9.17, 15) is 0 Å². The Morgan fingerprint density at radius 1 is 1.00 bits per heavy atom. The summed E-state index contributed by atoms with van der Waals surface area (Å²) in [6, 6.07) is 0.139. The maximum absolute atomic E-state index is 5.73. The Hall–Kier alpha value is -1.76. The van der Waals surface area contributed by atoms with Gasteiger partial charge in [-0.1, -0.05) is 0 Å². The van der Waals surface area contributed by atoms with Gasteiger partial charge in [0.1, 0.15) is 6.61 Å². The molecule has 0 unspecified atom stereocenters. The fourth-order valence-electron chi connectivity index (χ4n) is 1.27. The molecule has 0 amide bonds. The molecular weight excluding hydrogens is 250 g/mol. The first kappa shape index (κ1) is 15.3. The lowest BCUT2D eigenvalue weighted by Gasteiger charge is -2.19. The van der Waals surface area contributed by atoms with Crippen molar-refractivity contribution >= 4 is 5.69 Å². The molecule has 0 aliphatic rings. The molecule has 0 saturated heterocycles. The van der Waals surface area contributed by atoms with Crippen LogP contribution in [-0.4, -0.2) is 43.0 Å².